The number of amides is 2. The summed E-state index contributed by atoms with van der Waals surface area (Å²) in [5.41, 5.74) is 6.99. The molecule has 1 aromatic carbocycles. The van der Waals surface area contributed by atoms with E-state index in [2.05, 4.69) is 5.32 Å². The lowest BCUT2D eigenvalue weighted by atomic mass is 9.94. The fraction of sp³-hybridized carbons (Fsp3) is 0.600. The van der Waals surface area contributed by atoms with Crippen molar-refractivity contribution in [1.82, 2.24) is 4.90 Å². The smallest absolute Gasteiger partial charge is 0.255 e. The van der Waals surface area contributed by atoms with Crippen molar-refractivity contribution in [3.8, 4) is 0 Å². The average Bonchev–Trinajstić information content (AvgIpc) is 3.08. The van der Waals surface area contributed by atoms with Gasteiger partial charge in [-0.25, -0.2) is 0 Å². The molecular formula is C20H28ClN3O2. The highest BCUT2D eigenvalue weighted by Gasteiger charge is 2.28. The first-order valence-corrected chi connectivity index (χ1v) is 9.96. The van der Waals surface area contributed by atoms with Gasteiger partial charge < -0.3 is 16.0 Å². The first-order chi connectivity index (χ1) is 12.5. The molecular weight excluding hydrogens is 350 g/mol. The summed E-state index contributed by atoms with van der Waals surface area (Å²) < 4.78 is 0. The highest BCUT2D eigenvalue weighted by Crippen LogP contribution is 2.28. The number of halogens is 1. The van der Waals surface area contributed by atoms with Gasteiger partial charge in [-0.2, -0.15) is 0 Å². The topological polar surface area (TPSA) is 75.4 Å². The van der Waals surface area contributed by atoms with Crippen LogP contribution in [0.3, 0.4) is 0 Å². The molecule has 1 aromatic rings. The SMILES string of the molecule is CN(C(=O)c1ccc(NC(=O)C2CCC(N)C2)cc1Cl)C1CCCCC1. The molecule has 3 rings (SSSR count). The number of hydrogen-bond donors (Lipinski definition) is 2. The monoisotopic (exact) mass is 377 g/mol. The molecule has 0 heterocycles. The molecule has 0 bridgehead atoms. The van der Waals surface area contributed by atoms with Gasteiger partial charge in [-0.3, -0.25) is 9.59 Å². The van der Waals surface area contributed by atoms with Crippen LogP contribution in [0.4, 0.5) is 5.69 Å². The van der Waals surface area contributed by atoms with Gasteiger partial charge in [0.05, 0.1) is 10.6 Å². The standard InChI is InChI=1S/C20H28ClN3O2/c1-24(16-5-3-2-4-6-16)20(26)17-10-9-15(12-18(17)21)23-19(25)13-7-8-14(22)11-13/h9-10,12-14,16H,2-8,11,22H2,1H3,(H,23,25). The maximum Gasteiger partial charge on any atom is 0.255 e. The first-order valence-electron chi connectivity index (χ1n) is 9.59. The Kier molecular flexibility index (Phi) is 6.20. The summed E-state index contributed by atoms with van der Waals surface area (Å²) in [4.78, 5) is 26.9. The van der Waals surface area contributed by atoms with E-state index in [0.717, 1.165) is 32.1 Å². The van der Waals surface area contributed by atoms with Gasteiger partial charge in [-0.05, 0) is 50.3 Å². The molecule has 0 aliphatic heterocycles. The Hall–Kier alpha value is -1.59. The largest absolute Gasteiger partial charge is 0.339 e. The molecule has 2 atom stereocenters. The van der Waals surface area contributed by atoms with Crippen molar-refractivity contribution in [3.63, 3.8) is 0 Å². The number of rotatable bonds is 4. The van der Waals surface area contributed by atoms with E-state index in [-0.39, 0.29) is 23.8 Å². The van der Waals surface area contributed by atoms with Crippen LogP contribution in [0.2, 0.25) is 5.02 Å². The van der Waals surface area contributed by atoms with Crippen LogP contribution in [-0.4, -0.2) is 35.8 Å². The summed E-state index contributed by atoms with van der Waals surface area (Å²) in [6.45, 7) is 0. The van der Waals surface area contributed by atoms with Crippen LogP contribution in [0.15, 0.2) is 18.2 Å². The Morgan fingerprint density at radius 2 is 1.88 bits per heavy atom. The van der Waals surface area contributed by atoms with E-state index in [1.54, 1.807) is 18.2 Å². The normalized spacial score (nSPS) is 23.7. The number of hydrogen-bond acceptors (Lipinski definition) is 3. The second-order valence-corrected chi connectivity index (χ2v) is 8.07. The predicted molar refractivity (Wildman–Crippen MR) is 104 cm³/mol. The molecule has 0 saturated heterocycles. The molecule has 0 radical (unpaired) electrons. The number of anilines is 1. The van der Waals surface area contributed by atoms with E-state index in [0.29, 0.717) is 22.3 Å². The molecule has 2 amide bonds. The van der Waals surface area contributed by atoms with Crippen molar-refractivity contribution in [2.45, 2.75) is 63.5 Å². The van der Waals surface area contributed by atoms with Crippen molar-refractivity contribution in [2.24, 2.45) is 11.7 Å². The van der Waals surface area contributed by atoms with E-state index in [1.165, 1.54) is 19.3 Å². The summed E-state index contributed by atoms with van der Waals surface area (Å²) in [5, 5.41) is 3.27. The van der Waals surface area contributed by atoms with Crippen LogP contribution in [0.25, 0.3) is 0 Å². The van der Waals surface area contributed by atoms with E-state index < -0.39 is 0 Å². The lowest BCUT2D eigenvalue weighted by Gasteiger charge is -2.31. The summed E-state index contributed by atoms with van der Waals surface area (Å²) in [6, 6.07) is 5.53. The van der Waals surface area contributed by atoms with E-state index >= 15 is 0 Å². The first kappa shape index (κ1) is 19.2. The third-order valence-corrected chi connectivity index (χ3v) is 6.07. The Bertz CT molecular complexity index is 673. The molecule has 2 aliphatic carbocycles. The van der Waals surface area contributed by atoms with Gasteiger partial charge in [0.25, 0.3) is 5.91 Å². The second kappa shape index (κ2) is 8.40. The molecule has 2 fully saturated rings. The van der Waals surface area contributed by atoms with Crippen LogP contribution in [-0.2, 0) is 4.79 Å². The maximum absolute atomic E-state index is 12.8. The highest BCUT2D eigenvalue weighted by atomic mass is 35.5. The molecule has 26 heavy (non-hydrogen) atoms. The second-order valence-electron chi connectivity index (χ2n) is 7.66. The third-order valence-electron chi connectivity index (χ3n) is 5.75. The van der Waals surface area contributed by atoms with Gasteiger partial charge >= 0.3 is 0 Å². The minimum absolute atomic E-state index is 0.0209. The number of carbonyl (C=O) groups excluding carboxylic acids is 2. The number of nitrogens with zero attached hydrogens (tertiary/aromatic N) is 1. The Morgan fingerprint density at radius 1 is 1.15 bits per heavy atom. The van der Waals surface area contributed by atoms with E-state index in [4.69, 9.17) is 17.3 Å². The molecule has 2 unspecified atom stereocenters. The lowest BCUT2D eigenvalue weighted by molar-refractivity contribution is -0.119. The van der Waals surface area contributed by atoms with E-state index in [9.17, 15) is 9.59 Å². The average molecular weight is 378 g/mol. The zero-order valence-electron chi connectivity index (χ0n) is 15.3. The van der Waals surface area contributed by atoms with Gasteiger partial charge in [0, 0.05) is 30.7 Å². The van der Waals surface area contributed by atoms with Crippen LogP contribution in [0, 0.1) is 5.92 Å². The molecule has 0 aromatic heterocycles. The van der Waals surface area contributed by atoms with E-state index in [1.807, 2.05) is 11.9 Å². The van der Waals surface area contributed by atoms with Crippen LogP contribution < -0.4 is 11.1 Å². The maximum atomic E-state index is 12.8. The Labute approximate surface area is 160 Å². The van der Waals surface area contributed by atoms with Crippen molar-refractivity contribution < 1.29 is 9.59 Å². The number of carbonyl (C=O) groups is 2. The summed E-state index contributed by atoms with van der Waals surface area (Å²) in [7, 11) is 1.85. The fourth-order valence-electron chi connectivity index (χ4n) is 4.09. The molecule has 6 heteroatoms. The van der Waals surface area contributed by atoms with Crippen LogP contribution >= 0.6 is 11.6 Å². The summed E-state index contributed by atoms with van der Waals surface area (Å²) >= 11 is 6.35. The molecule has 2 saturated carbocycles. The fourth-order valence-corrected chi connectivity index (χ4v) is 4.35. The molecule has 3 N–H and O–H groups in total. The van der Waals surface area contributed by atoms with Gasteiger partial charge in [0.15, 0.2) is 0 Å². The van der Waals surface area contributed by atoms with Crippen molar-refractivity contribution in [2.75, 3.05) is 12.4 Å². The lowest BCUT2D eigenvalue weighted by Crippen LogP contribution is -2.38. The summed E-state index contributed by atoms with van der Waals surface area (Å²) in [6.07, 6.45) is 8.14. The van der Waals surface area contributed by atoms with Crippen molar-refractivity contribution in [1.29, 1.82) is 0 Å². The molecule has 142 valence electrons. The van der Waals surface area contributed by atoms with Gasteiger partial charge in [0.1, 0.15) is 0 Å². The highest BCUT2D eigenvalue weighted by molar-refractivity contribution is 6.34. The molecule has 5 nitrogen and oxygen atoms in total. The van der Waals surface area contributed by atoms with Crippen molar-refractivity contribution in [3.05, 3.63) is 28.8 Å². The van der Waals surface area contributed by atoms with Gasteiger partial charge in [-0.1, -0.05) is 30.9 Å². The number of nitrogens with two attached hydrogens (primary N) is 1. The minimum Gasteiger partial charge on any atom is -0.339 e. The number of benzene rings is 1. The zero-order valence-corrected chi connectivity index (χ0v) is 16.1. The van der Waals surface area contributed by atoms with Crippen LogP contribution in [0.1, 0.15) is 61.7 Å². The Morgan fingerprint density at radius 3 is 2.50 bits per heavy atom. The van der Waals surface area contributed by atoms with Crippen LogP contribution in [0.5, 0.6) is 0 Å². The summed E-state index contributed by atoms with van der Waals surface area (Å²) in [5.74, 6) is -0.114. The quantitative estimate of drug-likeness (QED) is 0.837. The predicted octanol–water partition coefficient (Wildman–Crippen LogP) is 3.81. The molecule has 2 aliphatic rings. The molecule has 0 spiro atoms. The zero-order chi connectivity index (χ0) is 18.7. The third kappa shape index (κ3) is 4.38. The Balaban J connectivity index is 1.65. The van der Waals surface area contributed by atoms with Gasteiger partial charge in [0.2, 0.25) is 5.91 Å². The minimum atomic E-state index is -0.0541. The van der Waals surface area contributed by atoms with Gasteiger partial charge in [-0.15, -0.1) is 0 Å². The van der Waals surface area contributed by atoms with Crippen molar-refractivity contribution >= 4 is 29.1 Å². The number of nitrogens with one attached hydrogen (secondary N) is 1.